The van der Waals surface area contributed by atoms with Crippen LogP contribution in [0.5, 0.6) is 0 Å². The van der Waals surface area contributed by atoms with Crippen LogP contribution in [0.25, 0.3) is 0 Å². The molecule has 2 saturated heterocycles. The Morgan fingerprint density at radius 2 is 1.00 bits per heavy atom. The minimum absolute atomic E-state index is 0.0286. The van der Waals surface area contributed by atoms with Gasteiger partial charge < -0.3 is 31.9 Å². The Bertz CT molecular complexity index is 1140. The van der Waals surface area contributed by atoms with Crippen LogP contribution in [-0.4, -0.2) is 58.6 Å². The van der Waals surface area contributed by atoms with Gasteiger partial charge in [-0.3, -0.25) is 19.2 Å². The minimum atomic E-state index is -0.464. The highest BCUT2D eigenvalue weighted by Gasteiger charge is 2.31. The molecule has 0 bridgehead atoms. The third kappa shape index (κ3) is 10.0. The van der Waals surface area contributed by atoms with Crippen LogP contribution in [0.4, 0.5) is 11.4 Å². The Labute approximate surface area is 254 Å². The maximum atomic E-state index is 12.9. The van der Waals surface area contributed by atoms with Gasteiger partial charge in [0.2, 0.25) is 23.6 Å². The molecule has 0 aliphatic carbocycles. The summed E-state index contributed by atoms with van der Waals surface area (Å²) in [6.45, 7) is 2.41. The molecule has 43 heavy (non-hydrogen) atoms. The van der Waals surface area contributed by atoms with Gasteiger partial charge in [0, 0.05) is 50.4 Å². The number of nitrogens with two attached hydrogens (primary N) is 2. The Hall–Kier alpha value is -4.08. The SMILES string of the molecule is Nc1ccc(CN2CCCC(NC(=O)CCCCCCCC(=O)NC3CCCN(Cc4ccc(N)cc4)C3=O)C2=O)cc1. The first-order valence-corrected chi connectivity index (χ1v) is 15.6. The third-order valence-electron chi connectivity index (χ3n) is 8.25. The van der Waals surface area contributed by atoms with Crippen molar-refractivity contribution in [1.82, 2.24) is 20.4 Å². The Morgan fingerprint density at radius 3 is 1.40 bits per heavy atom. The van der Waals surface area contributed by atoms with Crippen molar-refractivity contribution in [3.8, 4) is 0 Å². The summed E-state index contributed by atoms with van der Waals surface area (Å²) < 4.78 is 0. The Kier molecular flexibility index (Phi) is 11.8. The topological polar surface area (TPSA) is 151 Å². The summed E-state index contributed by atoms with van der Waals surface area (Å²) in [5.74, 6) is -0.234. The number of amides is 4. The second-order valence-electron chi connectivity index (χ2n) is 11.8. The highest BCUT2D eigenvalue weighted by Crippen LogP contribution is 2.18. The molecule has 0 saturated carbocycles. The highest BCUT2D eigenvalue weighted by molar-refractivity contribution is 5.89. The second kappa shape index (κ2) is 16.0. The number of carbonyl (C=O) groups excluding carboxylic acids is 4. The number of piperidine rings is 2. The maximum Gasteiger partial charge on any atom is 0.245 e. The van der Waals surface area contributed by atoms with Gasteiger partial charge in [-0.05, 0) is 73.9 Å². The lowest BCUT2D eigenvalue weighted by molar-refractivity contribution is -0.139. The van der Waals surface area contributed by atoms with Gasteiger partial charge in [-0.25, -0.2) is 0 Å². The molecule has 2 aromatic carbocycles. The van der Waals surface area contributed by atoms with E-state index >= 15 is 0 Å². The summed E-state index contributed by atoms with van der Waals surface area (Å²) >= 11 is 0. The van der Waals surface area contributed by atoms with E-state index in [1.165, 1.54) is 0 Å². The molecule has 10 nitrogen and oxygen atoms in total. The molecule has 2 aliphatic heterocycles. The predicted molar refractivity (Wildman–Crippen MR) is 167 cm³/mol. The molecule has 2 heterocycles. The first kappa shape index (κ1) is 31.8. The molecule has 6 N–H and O–H groups in total. The average Bonchev–Trinajstić information content (AvgIpc) is 2.99. The van der Waals surface area contributed by atoms with E-state index in [0.717, 1.165) is 56.1 Å². The van der Waals surface area contributed by atoms with Crippen molar-refractivity contribution in [2.75, 3.05) is 24.6 Å². The van der Waals surface area contributed by atoms with Gasteiger partial charge in [-0.1, -0.05) is 43.5 Å². The molecule has 4 amide bonds. The van der Waals surface area contributed by atoms with Crippen LogP contribution in [0.15, 0.2) is 48.5 Å². The molecule has 2 atom stereocenters. The summed E-state index contributed by atoms with van der Waals surface area (Å²) in [4.78, 5) is 54.4. The number of benzene rings is 2. The number of nitrogens with zero attached hydrogens (tertiary/aromatic N) is 2. The van der Waals surface area contributed by atoms with Crippen molar-refractivity contribution in [3.63, 3.8) is 0 Å². The Balaban J connectivity index is 1.06. The van der Waals surface area contributed by atoms with Gasteiger partial charge in [-0.2, -0.15) is 0 Å². The number of rotatable bonds is 14. The molecular weight excluding hydrogens is 544 g/mol. The maximum absolute atomic E-state index is 12.9. The summed E-state index contributed by atoms with van der Waals surface area (Å²) in [5.41, 5.74) is 14.9. The van der Waals surface area contributed by atoms with E-state index in [9.17, 15) is 19.2 Å². The first-order valence-electron chi connectivity index (χ1n) is 15.6. The number of nitrogen functional groups attached to an aromatic ring is 2. The smallest absolute Gasteiger partial charge is 0.245 e. The number of carbonyl (C=O) groups is 4. The molecule has 10 heteroatoms. The fraction of sp³-hybridized carbons (Fsp3) is 0.515. The standard InChI is InChI=1S/C33H46N6O4/c34-26-16-12-24(13-17-26)22-38-20-6-8-28(32(38)42)36-30(40)10-4-2-1-3-5-11-31(41)37-29-9-7-21-39(33(29)43)23-25-14-18-27(35)19-15-25/h12-19,28-29H,1-11,20-23,34-35H2,(H,36,40)(H,37,41). The zero-order valence-corrected chi connectivity index (χ0v) is 25.1. The summed E-state index contributed by atoms with van der Waals surface area (Å²) in [7, 11) is 0. The van der Waals surface area contributed by atoms with Crippen molar-refractivity contribution < 1.29 is 19.2 Å². The molecular formula is C33H46N6O4. The summed E-state index contributed by atoms with van der Waals surface area (Å²) in [6.07, 6.45) is 8.01. The molecule has 2 aliphatic rings. The molecule has 2 aromatic rings. The Morgan fingerprint density at radius 1 is 0.628 bits per heavy atom. The van der Waals surface area contributed by atoms with E-state index in [1.807, 2.05) is 48.5 Å². The van der Waals surface area contributed by atoms with Crippen LogP contribution < -0.4 is 22.1 Å². The van der Waals surface area contributed by atoms with Gasteiger partial charge >= 0.3 is 0 Å². The van der Waals surface area contributed by atoms with E-state index in [0.29, 0.717) is 63.2 Å². The van der Waals surface area contributed by atoms with Gasteiger partial charge in [0.1, 0.15) is 12.1 Å². The van der Waals surface area contributed by atoms with E-state index in [-0.39, 0.29) is 23.6 Å². The van der Waals surface area contributed by atoms with Crippen LogP contribution in [-0.2, 0) is 32.3 Å². The van der Waals surface area contributed by atoms with Gasteiger partial charge in [0.15, 0.2) is 0 Å². The first-order chi connectivity index (χ1) is 20.8. The lowest BCUT2D eigenvalue weighted by Crippen LogP contribution is -2.51. The number of hydrogen-bond acceptors (Lipinski definition) is 6. The largest absolute Gasteiger partial charge is 0.399 e. The molecule has 4 rings (SSSR count). The normalized spacial score (nSPS) is 18.9. The lowest BCUT2D eigenvalue weighted by atomic mass is 10.0. The van der Waals surface area contributed by atoms with Crippen molar-refractivity contribution in [1.29, 1.82) is 0 Å². The molecule has 0 radical (unpaired) electrons. The second-order valence-corrected chi connectivity index (χ2v) is 11.8. The van der Waals surface area contributed by atoms with Crippen molar-refractivity contribution in [3.05, 3.63) is 59.7 Å². The van der Waals surface area contributed by atoms with Gasteiger partial charge in [0.25, 0.3) is 0 Å². The molecule has 2 unspecified atom stereocenters. The van der Waals surface area contributed by atoms with Crippen LogP contribution in [0.2, 0.25) is 0 Å². The molecule has 0 aromatic heterocycles. The van der Waals surface area contributed by atoms with Crippen molar-refractivity contribution >= 4 is 35.0 Å². The number of likely N-dealkylation sites (tertiary alicyclic amines) is 2. The molecule has 0 spiro atoms. The van der Waals surface area contributed by atoms with Crippen molar-refractivity contribution in [2.45, 2.75) is 95.8 Å². The van der Waals surface area contributed by atoms with Crippen LogP contribution in [0.3, 0.4) is 0 Å². The third-order valence-corrected chi connectivity index (χ3v) is 8.25. The lowest BCUT2D eigenvalue weighted by Gasteiger charge is -2.32. The van der Waals surface area contributed by atoms with E-state index < -0.39 is 12.1 Å². The number of hydrogen-bond donors (Lipinski definition) is 4. The predicted octanol–water partition coefficient (Wildman–Crippen LogP) is 3.50. The number of nitrogens with one attached hydrogen (secondary N) is 2. The summed E-state index contributed by atoms with van der Waals surface area (Å²) in [6, 6.07) is 14.1. The highest BCUT2D eigenvalue weighted by atomic mass is 16.2. The van der Waals surface area contributed by atoms with Crippen molar-refractivity contribution in [2.24, 2.45) is 0 Å². The van der Waals surface area contributed by atoms with E-state index in [2.05, 4.69) is 10.6 Å². The quantitative estimate of drug-likeness (QED) is 0.195. The monoisotopic (exact) mass is 590 g/mol. The number of unbranched alkanes of at least 4 members (excludes halogenated alkanes) is 4. The molecule has 2 fully saturated rings. The van der Waals surface area contributed by atoms with E-state index in [4.69, 9.17) is 11.5 Å². The van der Waals surface area contributed by atoms with Crippen LogP contribution in [0.1, 0.15) is 81.8 Å². The minimum Gasteiger partial charge on any atom is -0.399 e. The van der Waals surface area contributed by atoms with Gasteiger partial charge in [0.05, 0.1) is 0 Å². The van der Waals surface area contributed by atoms with E-state index in [1.54, 1.807) is 9.80 Å². The average molecular weight is 591 g/mol. The fourth-order valence-corrected chi connectivity index (χ4v) is 5.78. The zero-order chi connectivity index (χ0) is 30.6. The van der Waals surface area contributed by atoms with Crippen LogP contribution >= 0.6 is 0 Å². The zero-order valence-electron chi connectivity index (χ0n) is 25.1. The van der Waals surface area contributed by atoms with Crippen LogP contribution in [0, 0.1) is 0 Å². The fourth-order valence-electron chi connectivity index (χ4n) is 5.78. The van der Waals surface area contributed by atoms with Gasteiger partial charge in [-0.15, -0.1) is 0 Å². The molecule has 232 valence electrons. The summed E-state index contributed by atoms with van der Waals surface area (Å²) in [5, 5.41) is 5.86. The number of anilines is 2.